The lowest BCUT2D eigenvalue weighted by atomic mass is 10.2. The van der Waals surface area contributed by atoms with E-state index in [-0.39, 0.29) is 22.7 Å². The van der Waals surface area contributed by atoms with E-state index in [1.54, 1.807) is 12.1 Å². The molecule has 0 radical (unpaired) electrons. The summed E-state index contributed by atoms with van der Waals surface area (Å²) in [5.41, 5.74) is 0.711. The SMILES string of the molecule is O=C(O)c1ccc(S(=O)(=O)N2CCc3cccc(F)c32)cc1. The minimum Gasteiger partial charge on any atom is -0.478 e. The zero-order valence-corrected chi connectivity index (χ0v) is 12.2. The number of carboxylic acids is 1. The summed E-state index contributed by atoms with van der Waals surface area (Å²) >= 11 is 0. The van der Waals surface area contributed by atoms with Crippen molar-refractivity contribution in [2.75, 3.05) is 10.8 Å². The molecule has 0 saturated heterocycles. The molecule has 1 aliphatic heterocycles. The van der Waals surface area contributed by atoms with Gasteiger partial charge in [-0.2, -0.15) is 0 Å². The predicted octanol–water partition coefficient (Wildman–Crippen LogP) is 2.28. The van der Waals surface area contributed by atoms with Crippen LogP contribution in [-0.2, 0) is 16.4 Å². The fourth-order valence-electron chi connectivity index (χ4n) is 2.51. The zero-order chi connectivity index (χ0) is 15.9. The normalized spacial score (nSPS) is 14.0. The molecule has 5 nitrogen and oxygen atoms in total. The van der Waals surface area contributed by atoms with Crippen molar-refractivity contribution >= 4 is 21.7 Å². The number of para-hydroxylation sites is 1. The molecule has 0 saturated carbocycles. The van der Waals surface area contributed by atoms with Gasteiger partial charge in [0.2, 0.25) is 0 Å². The molecule has 7 heteroatoms. The Labute approximate surface area is 126 Å². The summed E-state index contributed by atoms with van der Waals surface area (Å²) in [6.07, 6.45) is 0.444. The molecular formula is C15H12FNO4S. The van der Waals surface area contributed by atoms with Gasteiger partial charge in [0, 0.05) is 6.54 Å². The second-order valence-corrected chi connectivity index (χ2v) is 6.77. The second-order valence-electron chi connectivity index (χ2n) is 4.90. The minimum absolute atomic E-state index is 0.00745. The molecule has 1 N–H and O–H groups in total. The quantitative estimate of drug-likeness (QED) is 0.941. The smallest absolute Gasteiger partial charge is 0.335 e. The molecule has 1 heterocycles. The summed E-state index contributed by atoms with van der Waals surface area (Å²) in [5, 5.41) is 8.85. The van der Waals surface area contributed by atoms with Gasteiger partial charge in [0.15, 0.2) is 0 Å². The Hall–Kier alpha value is -2.41. The average molecular weight is 321 g/mol. The second kappa shape index (κ2) is 5.10. The van der Waals surface area contributed by atoms with Crippen LogP contribution in [0.15, 0.2) is 47.4 Å². The first-order valence-corrected chi connectivity index (χ1v) is 7.99. The van der Waals surface area contributed by atoms with E-state index in [1.165, 1.54) is 30.3 Å². The van der Waals surface area contributed by atoms with Crippen molar-refractivity contribution in [3.05, 3.63) is 59.4 Å². The van der Waals surface area contributed by atoms with Crippen LogP contribution in [0.4, 0.5) is 10.1 Å². The van der Waals surface area contributed by atoms with Gasteiger partial charge in [-0.05, 0) is 42.3 Å². The van der Waals surface area contributed by atoms with E-state index in [9.17, 15) is 17.6 Å². The highest BCUT2D eigenvalue weighted by atomic mass is 32.2. The maximum atomic E-state index is 14.0. The number of benzene rings is 2. The van der Waals surface area contributed by atoms with Crippen LogP contribution in [0.2, 0.25) is 0 Å². The standard InChI is InChI=1S/C15H12FNO4S/c16-13-3-1-2-10-8-9-17(14(10)13)22(20,21)12-6-4-11(5-7-12)15(18)19/h1-7H,8-9H2,(H,18,19). The summed E-state index contributed by atoms with van der Waals surface area (Å²) < 4.78 is 40.3. The summed E-state index contributed by atoms with van der Waals surface area (Å²) in [5.74, 6) is -1.72. The lowest BCUT2D eigenvalue weighted by Gasteiger charge is -2.20. The largest absolute Gasteiger partial charge is 0.478 e. The fourth-order valence-corrected chi connectivity index (χ4v) is 4.02. The maximum absolute atomic E-state index is 14.0. The van der Waals surface area contributed by atoms with E-state index in [0.717, 1.165) is 4.31 Å². The number of carboxylic acid groups (broad SMARTS) is 1. The molecular weight excluding hydrogens is 309 g/mol. The van der Waals surface area contributed by atoms with Gasteiger partial charge in [0.1, 0.15) is 5.82 Å². The van der Waals surface area contributed by atoms with Crippen molar-refractivity contribution in [1.82, 2.24) is 0 Å². The van der Waals surface area contributed by atoms with Crippen LogP contribution in [0, 0.1) is 5.82 Å². The van der Waals surface area contributed by atoms with E-state index in [2.05, 4.69) is 0 Å². The number of hydrogen-bond donors (Lipinski definition) is 1. The number of fused-ring (bicyclic) bond motifs is 1. The predicted molar refractivity (Wildman–Crippen MR) is 78.0 cm³/mol. The molecule has 114 valence electrons. The average Bonchev–Trinajstić information content (AvgIpc) is 2.93. The summed E-state index contributed by atoms with van der Waals surface area (Å²) in [6.45, 7) is 0.166. The molecule has 1 aliphatic rings. The van der Waals surface area contributed by atoms with Gasteiger partial charge >= 0.3 is 5.97 Å². The third-order valence-electron chi connectivity index (χ3n) is 3.59. The number of anilines is 1. The number of carbonyl (C=O) groups is 1. The number of nitrogens with zero attached hydrogens (tertiary/aromatic N) is 1. The van der Waals surface area contributed by atoms with Crippen LogP contribution in [-0.4, -0.2) is 26.0 Å². The molecule has 0 fully saturated rings. The molecule has 3 rings (SSSR count). The first-order chi connectivity index (χ1) is 10.4. The van der Waals surface area contributed by atoms with Gasteiger partial charge in [-0.15, -0.1) is 0 Å². The van der Waals surface area contributed by atoms with Gasteiger partial charge in [0.25, 0.3) is 10.0 Å². The van der Waals surface area contributed by atoms with Crippen molar-refractivity contribution in [3.8, 4) is 0 Å². The zero-order valence-electron chi connectivity index (χ0n) is 11.4. The van der Waals surface area contributed by atoms with E-state index in [0.29, 0.717) is 12.0 Å². The Bertz CT molecular complexity index is 846. The number of sulfonamides is 1. The Kier molecular flexibility index (Phi) is 3.37. The molecule has 0 amide bonds. The van der Waals surface area contributed by atoms with Crippen LogP contribution in [0.5, 0.6) is 0 Å². The maximum Gasteiger partial charge on any atom is 0.335 e. The third kappa shape index (κ3) is 2.23. The Balaban J connectivity index is 2.04. The number of aromatic carboxylic acids is 1. The third-order valence-corrected chi connectivity index (χ3v) is 5.41. The van der Waals surface area contributed by atoms with Crippen molar-refractivity contribution < 1.29 is 22.7 Å². The first kappa shape index (κ1) is 14.5. The van der Waals surface area contributed by atoms with Crippen LogP contribution >= 0.6 is 0 Å². The molecule has 0 spiro atoms. The molecule has 0 aromatic heterocycles. The van der Waals surface area contributed by atoms with Crippen LogP contribution in [0.3, 0.4) is 0 Å². The molecule has 2 aromatic rings. The molecule has 0 aliphatic carbocycles. The van der Waals surface area contributed by atoms with Crippen LogP contribution < -0.4 is 4.31 Å². The lowest BCUT2D eigenvalue weighted by Crippen LogP contribution is -2.29. The van der Waals surface area contributed by atoms with Crippen LogP contribution in [0.1, 0.15) is 15.9 Å². The van der Waals surface area contributed by atoms with Gasteiger partial charge in [0.05, 0.1) is 16.1 Å². The van der Waals surface area contributed by atoms with E-state index < -0.39 is 21.8 Å². The fraction of sp³-hybridized carbons (Fsp3) is 0.133. The van der Waals surface area contributed by atoms with Gasteiger partial charge in [-0.3, -0.25) is 4.31 Å². The number of halogens is 1. The number of rotatable bonds is 3. The van der Waals surface area contributed by atoms with Crippen LogP contribution in [0.25, 0.3) is 0 Å². The summed E-state index contributed by atoms with van der Waals surface area (Å²) in [6, 6.07) is 9.34. The summed E-state index contributed by atoms with van der Waals surface area (Å²) in [4.78, 5) is 10.8. The Morgan fingerprint density at radius 3 is 2.45 bits per heavy atom. The molecule has 0 atom stereocenters. The van der Waals surface area contributed by atoms with E-state index >= 15 is 0 Å². The minimum atomic E-state index is -3.92. The first-order valence-electron chi connectivity index (χ1n) is 6.55. The van der Waals surface area contributed by atoms with Crippen molar-refractivity contribution in [2.24, 2.45) is 0 Å². The van der Waals surface area contributed by atoms with Gasteiger partial charge < -0.3 is 5.11 Å². The number of hydrogen-bond acceptors (Lipinski definition) is 3. The molecule has 0 bridgehead atoms. The monoisotopic (exact) mass is 321 g/mol. The molecule has 22 heavy (non-hydrogen) atoms. The van der Waals surface area contributed by atoms with Crippen molar-refractivity contribution in [1.29, 1.82) is 0 Å². The topological polar surface area (TPSA) is 74.7 Å². The van der Waals surface area contributed by atoms with Crippen molar-refractivity contribution in [3.63, 3.8) is 0 Å². The highest BCUT2D eigenvalue weighted by molar-refractivity contribution is 7.92. The lowest BCUT2D eigenvalue weighted by molar-refractivity contribution is 0.0696. The Morgan fingerprint density at radius 1 is 1.14 bits per heavy atom. The van der Waals surface area contributed by atoms with E-state index in [1.807, 2.05) is 0 Å². The van der Waals surface area contributed by atoms with Gasteiger partial charge in [-0.25, -0.2) is 17.6 Å². The van der Waals surface area contributed by atoms with Gasteiger partial charge in [-0.1, -0.05) is 12.1 Å². The van der Waals surface area contributed by atoms with E-state index in [4.69, 9.17) is 5.11 Å². The molecule has 0 unspecified atom stereocenters. The highest BCUT2D eigenvalue weighted by Crippen LogP contribution is 2.35. The van der Waals surface area contributed by atoms with Crippen molar-refractivity contribution in [2.45, 2.75) is 11.3 Å². The Morgan fingerprint density at radius 2 is 1.82 bits per heavy atom. The highest BCUT2D eigenvalue weighted by Gasteiger charge is 2.33. The molecule has 2 aromatic carbocycles. The summed E-state index contributed by atoms with van der Waals surface area (Å²) in [7, 11) is -3.92.